The zero-order valence-electron chi connectivity index (χ0n) is 12.5. The molecule has 110 valence electrons. The lowest BCUT2D eigenvalue weighted by Crippen LogP contribution is -2.39. The Kier molecular flexibility index (Phi) is 5.01. The first-order valence-electron chi connectivity index (χ1n) is 7.46. The Labute approximate surface area is 121 Å². The minimum absolute atomic E-state index is 0.0497. The van der Waals surface area contributed by atoms with Crippen molar-refractivity contribution in [3.8, 4) is 0 Å². The molecule has 1 aliphatic heterocycles. The number of rotatable bonds is 4. The van der Waals surface area contributed by atoms with Crippen molar-refractivity contribution in [1.29, 1.82) is 0 Å². The zero-order valence-corrected chi connectivity index (χ0v) is 12.5. The lowest BCUT2D eigenvalue weighted by Gasteiger charge is -2.30. The van der Waals surface area contributed by atoms with Gasteiger partial charge in [0.1, 0.15) is 0 Å². The highest BCUT2D eigenvalue weighted by Gasteiger charge is 2.19. The molecule has 0 aromatic heterocycles. The van der Waals surface area contributed by atoms with Gasteiger partial charge in [0.15, 0.2) is 0 Å². The third-order valence-electron chi connectivity index (χ3n) is 4.19. The summed E-state index contributed by atoms with van der Waals surface area (Å²) in [5.41, 5.74) is 8.29. The maximum Gasteiger partial charge on any atom is 0.238 e. The number of hydrogen-bond donors (Lipinski definition) is 2. The summed E-state index contributed by atoms with van der Waals surface area (Å²) in [6.07, 6.45) is 3.67. The Balaban J connectivity index is 1.85. The SMILES string of the molecule is CCC1CCN(CC(=O)Nc2cc(N)ccc2C)CC1. The quantitative estimate of drug-likeness (QED) is 0.831. The second kappa shape index (κ2) is 6.75. The van der Waals surface area contributed by atoms with Gasteiger partial charge < -0.3 is 11.1 Å². The fourth-order valence-electron chi connectivity index (χ4n) is 2.72. The van der Waals surface area contributed by atoms with Gasteiger partial charge in [0.25, 0.3) is 0 Å². The van der Waals surface area contributed by atoms with E-state index < -0.39 is 0 Å². The van der Waals surface area contributed by atoms with Gasteiger partial charge in [-0.05, 0) is 56.5 Å². The van der Waals surface area contributed by atoms with E-state index >= 15 is 0 Å². The van der Waals surface area contributed by atoms with E-state index in [-0.39, 0.29) is 5.91 Å². The monoisotopic (exact) mass is 275 g/mol. The van der Waals surface area contributed by atoms with E-state index in [1.807, 2.05) is 25.1 Å². The standard InChI is InChI=1S/C16H25N3O/c1-3-13-6-8-19(9-7-13)11-16(20)18-15-10-14(17)5-4-12(15)2/h4-5,10,13H,3,6-9,11,17H2,1-2H3,(H,18,20). The predicted octanol–water partition coefficient (Wildman–Crippen LogP) is 2.64. The summed E-state index contributed by atoms with van der Waals surface area (Å²) in [5, 5.41) is 2.96. The van der Waals surface area contributed by atoms with E-state index in [9.17, 15) is 4.79 Å². The summed E-state index contributed by atoms with van der Waals surface area (Å²) in [6.45, 7) is 6.76. The average Bonchev–Trinajstić information content (AvgIpc) is 2.43. The number of benzene rings is 1. The maximum atomic E-state index is 12.1. The van der Waals surface area contributed by atoms with E-state index in [1.54, 1.807) is 0 Å². The first kappa shape index (κ1) is 14.9. The van der Waals surface area contributed by atoms with Crippen LogP contribution in [0.5, 0.6) is 0 Å². The molecule has 1 aliphatic rings. The van der Waals surface area contributed by atoms with E-state index in [4.69, 9.17) is 5.73 Å². The fourth-order valence-corrected chi connectivity index (χ4v) is 2.72. The Morgan fingerprint density at radius 2 is 2.10 bits per heavy atom. The first-order chi connectivity index (χ1) is 9.58. The fraction of sp³-hybridized carbons (Fsp3) is 0.562. The molecule has 2 rings (SSSR count). The molecule has 0 saturated carbocycles. The highest BCUT2D eigenvalue weighted by Crippen LogP contribution is 2.20. The van der Waals surface area contributed by atoms with Crippen LogP contribution >= 0.6 is 0 Å². The Morgan fingerprint density at radius 1 is 1.40 bits per heavy atom. The van der Waals surface area contributed by atoms with Crippen LogP contribution in [-0.2, 0) is 4.79 Å². The summed E-state index contributed by atoms with van der Waals surface area (Å²) < 4.78 is 0. The normalized spacial score (nSPS) is 17.1. The van der Waals surface area contributed by atoms with E-state index in [0.717, 1.165) is 30.3 Å². The summed E-state index contributed by atoms with van der Waals surface area (Å²) in [5.74, 6) is 0.888. The summed E-state index contributed by atoms with van der Waals surface area (Å²) in [6, 6.07) is 5.59. The smallest absolute Gasteiger partial charge is 0.238 e. The van der Waals surface area contributed by atoms with Gasteiger partial charge in [-0.3, -0.25) is 9.69 Å². The number of aryl methyl sites for hydroxylation is 1. The first-order valence-corrected chi connectivity index (χ1v) is 7.46. The molecule has 0 aliphatic carbocycles. The molecule has 1 aromatic rings. The van der Waals surface area contributed by atoms with Crippen molar-refractivity contribution in [2.45, 2.75) is 33.1 Å². The van der Waals surface area contributed by atoms with Crippen molar-refractivity contribution in [1.82, 2.24) is 4.90 Å². The van der Waals surface area contributed by atoms with Gasteiger partial charge in [0.2, 0.25) is 5.91 Å². The number of nitrogens with two attached hydrogens (primary N) is 1. The van der Waals surface area contributed by atoms with Gasteiger partial charge in [-0.1, -0.05) is 19.4 Å². The van der Waals surface area contributed by atoms with Crippen LogP contribution in [0.2, 0.25) is 0 Å². The molecule has 0 spiro atoms. The molecule has 0 radical (unpaired) electrons. The minimum atomic E-state index is 0.0497. The number of amides is 1. The number of nitrogens with zero attached hydrogens (tertiary/aromatic N) is 1. The summed E-state index contributed by atoms with van der Waals surface area (Å²) >= 11 is 0. The molecule has 0 unspecified atom stereocenters. The zero-order chi connectivity index (χ0) is 14.5. The second-order valence-corrected chi connectivity index (χ2v) is 5.75. The van der Waals surface area contributed by atoms with Gasteiger partial charge in [0, 0.05) is 11.4 Å². The van der Waals surface area contributed by atoms with Crippen LogP contribution in [0.1, 0.15) is 31.7 Å². The van der Waals surface area contributed by atoms with Crippen molar-refractivity contribution < 1.29 is 4.79 Å². The van der Waals surface area contributed by atoms with Gasteiger partial charge in [-0.15, -0.1) is 0 Å². The van der Waals surface area contributed by atoms with Crippen LogP contribution in [0.25, 0.3) is 0 Å². The molecule has 20 heavy (non-hydrogen) atoms. The molecule has 1 saturated heterocycles. The summed E-state index contributed by atoms with van der Waals surface area (Å²) in [7, 11) is 0. The molecule has 0 atom stereocenters. The van der Waals surface area contributed by atoms with Crippen LogP contribution in [-0.4, -0.2) is 30.4 Å². The Bertz CT molecular complexity index is 465. The number of carbonyl (C=O) groups excluding carboxylic acids is 1. The molecular formula is C16H25N3O. The van der Waals surface area contributed by atoms with Gasteiger partial charge in [0.05, 0.1) is 6.54 Å². The number of piperidine rings is 1. The van der Waals surface area contributed by atoms with Gasteiger partial charge >= 0.3 is 0 Å². The molecule has 4 nitrogen and oxygen atoms in total. The number of nitrogens with one attached hydrogen (secondary N) is 1. The minimum Gasteiger partial charge on any atom is -0.399 e. The molecule has 4 heteroatoms. The van der Waals surface area contributed by atoms with E-state index in [0.29, 0.717) is 12.2 Å². The van der Waals surface area contributed by atoms with Crippen molar-refractivity contribution in [2.24, 2.45) is 5.92 Å². The number of likely N-dealkylation sites (tertiary alicyclic amines) is 1. The van der Waals surface area contributed by atoms with Crippen molar-refractivity contribution >= 4 is 17.3 Å². The van der Waals surface area contributed by atoms with E-state index in [2.05, 4.69) is 17.1 Å². The van der Waals surface area contributed by atoms with Crippen LogP contribution in [0.4, 0.5) is 11.4 Å². The van der Waals surface area contributed by atoms with Crippen molar-refractivity contribution in [3.63, 3.8) is 0 Å². The van der Waals surface area contributed by atoms with Crippen molar-refractivity contribution in [2.75, 3.05) is 30.7 Å². The highest BCUT2D eigenvalue weighted by atomic mass is 16.2. The Hall–Kier alpha value is -1.55. The molecule has 1 amide bonds. The lowest BCUT2D eigenvalue weighted by atomic mass is 9.94. The number of carbonyl (C=O) groups is 1. The van der Waals surface area contributed by atoms with Crippen LogP contribution < -0.4 is 11.1 Å². The maximum absolute atomic E-state index is 12.1. The number of nitrogen functional groups attached to an aromatic ring is 1. The topological polar surface area (TPSA) is 58.4 Å². The molecule has 1 aromatic carbocycles. The molecule has 0 bridgehead atoms. The van der Waals surface area contributed by atoms with Crippen LogP contribution in [0, 0.1) is 12.8 Å². The second-order valence-electron chi connectivity index (χ2n) is 5.75. The van der Waals surface area contributed by atoms with Crippen molar-refractivity contribution in [3.05, 3.63) is 23.8 Å². The number of hydrogen-bond acceptors (Lipinski definition) is 3. The average molecular weight is 275 g/mol. The van der Waals surface area contributed by atoms with Crippen LogP contribution in [0.15, 0.2) is 18.2 Å². The number of anilines is 2. The Morgan fingerprint density at radius 3 is 2.75 bits per heavy atom. The largest absolute Gasteiger partial charge is 0.399 e. The molecular weight excluding hydrogens is 250 g/mol. The summed E-state index contributed by atoms with van der Waals surface area (Å²) in [4.78, 5) is 14.3. The lowest BCUT2D eigenvalue weighted by molar-refractivity contribution is -0.117. The van der Waals surface area contributed by atoms with E-state index in [1.165, 1.54) is 19.3 Å². The van der Waals surface area contributed by atoms with Gasteiger partial charge in [-0.2, -0.15) is 0 Å². The third kappa shape index (κ3) is 3.97. The van der Waals surface area contributed by atoms with Crippen LogP contribution in [0.3, 0.4) is 0 Å². The predicted molar refractivity (Wildman–Crippen MR) is 83.7 cm³/mol. The molecule has 3 N–H and O–H groups in total. The molecule has 1 heterocycles. The highest BCUT2D eigenvalue weighted by molar-refractivity contribution is 5.93. The van der Waals surface area contributed by atoms with Gasteiger partial charge in [-0.25, -0.2) is 0 Å². The molecule has 1 fully saturated rings. The third-order valence-corrected chi connectivity index (χ3v) is 4.19.